The maximum atomic E-state index is 10.4. The summed E-state index contributed by atoms with van der Waals surface area (Å²) in [6.07, 6.45) is -2.30. The first kappa shape index (κ1) is 79.4. The van der Waals surface area contributed by atoms with Crippen LogP contribution in [0.5, 0.6) is 0 Å². The van der Waals surface area contributed by atoms with Crippen molar-refractivity contribution in [2.45, 2.75) is 134 Å². The summed E-state index contributed by atoms with van der Waals surface area (Å²) in [5.74, 6) is -9.14. The van der Waals surface area contributed by atoms with Crippen molar-refractivity contribution in [3.05, 3.63) is 0 Å². The van der Waals surface area contributed by atoms with Crippen molar-refractivity contribution < 1.29 is 142 Å². The second-order valence-electron chi connectivity index (χ2n) is 11.7. The molecule has 0 aromatic carbocycles. The average molecular weight is 1020 g/mol. The molecule has 0 aliphatic rings. The molecule has 0 spiro atoms. The molecule has 0 aromatic rings. The first-order valence-electron chi connectivity index (χ1n) is 18.5. The van der Waals surface area contributed by atoms with Gasteiger partial charge in [-0.2, -0.15) is 0 Å². The summed E-state index contributed by atoms with van der Waals surface area (Å²) < 4.78 is 18.0. The largest absolute Gasteiger partial charge is 4.00 e. The molecular formula is C40H60O24Zr. The Morgan fingerprint density at radius 3 is 0.415 bits per heavy atom. The second kappa shape index (κ2) is 56.0. The molecule has 0 heterocycles. The van der Waals surface area contributed by atoms with Crippen molar-refractivity contribution in [3.63, 3.8) is 0 Å². The monoisotopic (exact) mass is 1010 g/mol. The summed E-state index contributed by atoms with van der Waals surface area (Å²) in [5.41, 5.74) is 0. The Labute approximate surface area is 395 Å². The van der Waals surface area contributed by atoms with E-state index in [9.17, 15) is 97.1 Å². The van der Waals surface area contributed by atoms with E-state index >= 15 is 0 Å². The number of hydrogen-bond donors (Lipinski definition) is 0. The first-order chi connectivity index (χ1) is 29.2. The number of hydrogen-bond acceptors (Lipinski definition) is 24. The molecule has 0 aliphatic heterocycles. The van der Waals surface area contributed by atoms with E-state index in [0.717, 1.165) is 0 Å². The minimum Gasteiger partial charge on any atom is -0.550 e. The molecule has 0 saturated heterocycles. The summed E-state index contributed by atoms with van der Waals surface area (Å²) in [6.45, 7) is 18.4. The number of ketones is 8. The van der Waals surface area contributed by atoms with Crippen LogP contribution in [0.3, 0.4) is 0 Å². The van der Waals surface area contributed by atoms with E-state index in [1.165, 1.54) is 55.4 Å². The van der Waals surface area contributed by atoms with Gasteiger partial charge < -0.3 is 58.6 Å². The van der Waals surface area contributed by atoms with Gasteiger partial charge in [-0.15, -0.1) is 0 Å². The van der Waals surface area contributed by atoms with Gasteiger partial charge in [-0.3, -0.25) is 57.5 Å². The average Bonchev–Trinajstić information content (AvgIpc) is 3.03. The van der Waals surface area contributed by atoms with Gasteiger partial charge in [0.2, 0.25) is 0 Å². The van der Waals surface area contributed by atoms with E-state index in [4.69, 9.17) is 0 Å². The van der Waals surface area contributed by atoms with Crippen molar-refractivity contribution in [1.29, 1.82) is 0 Å². The first-order valence-corrected chi connectivity index (χ1v) is 18.5. The molecule has 0 N–H and O–H groups in total. The molecule has 0 aromatic heterocycles. The Bertz CT molecular complexity index is 1260. The van der Waals surface area contributed by atoms with Gasteiger partial charge in [0.15, 0.2) is 0 Å². The number of carbonyl (C=O) groups is 16. The molecule has 25 heteroatoms. The number of carbonyl (C=O) groups excluding carboxylic acids is 16. The maximum Gasteiger partial charge on any atom is 4.00 e. The van der Waals surface area contributed by atoms with E-state index < -0.39 is 73.4 Å². The van der Waals surface area contributed by atoms with Gasteiger partial charge in [0, 0.05) is 49.6 Å². The van der Waals surface area contributed by atoms with Crippen molar-refractivity contribution in [3.8, 4) is 0 Å². The van der Waals surface area contributed by atoms with Gasteiger partial charge in [-0.05, 0) is 83.1 Å². The molecule has 0 rings (SSSR count). The van der Waals surface area contributed by atoms with Crippen LogP contribution in [0, 0.1) is 0 Å². The van der Waals surface area contributed by atoms with Crippen LogP contribution in [0.2, 0.25) is 0 Å². The summed E-state index contributed by atoms with van der Waals surface area (Å²) >= 11 is 0. The normalized spacial score (nSPS) is 8.31. The topological polar surface area (TPSA) is 402 Å². The Morgan fingerprint density at radius 2 is 0.369 bits per heavy atom. The van der Waals surface area contributed by atoms with Crippen LogP contribution in [-0.2, 0) is 122 Å². The van der Waals surface area contributed by atoms with E-state index in [1.54, 1.807) is 27.7 Å². The van der Waals surface area contributed by atoms with E-state index in [0.29, 0.717) is 26.4 Å². The number of carboxylic acid groups (broad SMARTS) is 4. The van der Waals surface area contributed by atoms with Gasteiger partial charge >= 0.3 is 50.1 Å². The number of Topliss-reactive ketones (excluding diaryl/α,β-unsaturated/α-hetero) is 8. The molecule has 0 fully saturated rings. The Hall–Kier alpha value is -6.00. The third-order valence-corrected chi connectivity index (χ3v) is 4.37. The van der Waals surface area contributed by atoms with Crippen molar-refractivity contribution in [1.82, 2.24) is 0 Å². The SMILES string of the molecule is CC(=O)CC(=O)[O-].CC(=O)CC(=O)[O-].CC(=O)CC(=O)[O-].CC(=O)CC(=O)[O-].CCOC(=O)CC(C)=O.CCOC(=O)CC(C)=O.CCOC(=O)CC(C)=O.CCOC(=O)CC(C)=O.[Zr+4]. The van der Waals surface area contributed by atoms with E-state index in [2.05, 4.69) is 18.9 Å². The van der Waals surface area contributed by atoms with Crippen molar-refractivity contribution in [2.75, 3.05) is 26.4 Å². The van der Waals surface area contributed by atoms with E-state index in [-0.39, 0.29) is 98.2 Å². The molecule has 0 aliphatic carbocycles. The van der Waals surface area contributed by atoms with Crippen LogP contribution in [0.4, 0.5) is 0 Å². The Morgan fingerprint density at radius 1 is 0.262 bits per heavy atom. The molecule has 0 radical (unpaired) electrons. The van der Waals surface area contributed by atoms with Crippen LogP contribution < -0.4 is 20.4 Å². The molecule has 0 atom stereocenters. The van der Waals surface area contributed by atoms with Gasteiger partial charge in [-0.25, -0.2) is 0 Å². The molecule has 0 unspecified atom stereocenters. The third-order valence-electron chi connectivity index (χ3n) is 4.37. The van der Waals surface area contributed by atoms with Crippen LogP contribution in [0.15, 0.2) is 0 Å². The molecular weight excluding hydrogens is 956 g/mol. The van der Waals surface area contributed by atoms with Crippen LogP contribution in [-0.4, -0.2) is 120 Å². The minimum atomic E-state index is -1.31. The number of esters is 4. The molecule has 24 nitrogen and oxygen atoms in total. The van der Waals surface area contributed by atoms with Gasteiger partial charge in [0.05, 0.1) is 26.4 Å². The fourth-order valence-electron chi connectivity index (χ4n) is 2.47. The predicted molar refractivity (Wildman–Crippen MR) is 209 cm³/mol. The zero-order chi connectivity index (χ0) is 52.6. The minimum absolute atomic E-state index is 0. The van der Waals surface area contributed by atoms with Gasteiger partial charge in [0.25, 0.3) is 0 Å². The molecule has 0 amide bonds. The van der Waals surface area contributed by atoms with Crippen molar-refractivity contribution >= 4 is 94.0 Å². The molecule has 0 bridgehead atoms. The summed E-state index contributed by atoms with van der Waals surface area (Å²) in [5, 5.41) is 37.9. The maximum absolute atomic E-state index is 10.4. The fourth-order valence-corrected chi connectivity index (χ4v) is 2.47. The van der Waals surface area contributed by atoms with Gasteiger partial charge in [0.1, 0.15) is 71.9 Å². The zero-order valence-electron chi connectivity index (χ0n) is 38.8. The zero-order valence-corrected chi connectivity index (χ0v) is 41.2. The number of aliphatic carboxylic acids is 4. The summed E-state index contributed by atoms with van der Waals surface area (Å²) in [4.78, 5) is 160. The van der Waals surface area contributed by atoms with Crippen molar-refractivity contribution in [2.24, 2.45) is 0 Å². The fraction of sp³-hybridized carbons (Fsp3) is 0.600. The quantitative estimate of drug-likeness (QED) is 0.0665. The second-order valence-corrected chi connectivity index (χ2v) is 11.7. The van der Waals surface area contributed by atoms with E-state index in [1.807, 2.05) is 0 Å². The molecule has 0 saturated carbocycles. The third kappa shape index (κ3) is 126. The Kier molecular flexibility index (Phi) is 68.4. The smallest absolute Gasteiger partial charge is 0.550 e. The Balaban J connectivity index is -0.0000000788. The van der Waals surface area contributed by atoms with Crippen LogP contribution in [0.25, 0.3) is 0 Å². The summed E-state index contributed by atoms with van der Waals surface area (Å²) in [7, 11) is 0. The van der Waals surface area contributed by atoms with Crippen LogP contribution >= 0.6 is 0 Å². The standard InChI is InChI=1S/4C6H10O3.4C4H6O3.Zr/c4*1-3-9-6(8)4-5(2)7;4*1-3(5)2-4(6)7;/h4*3-4H2,1-2H3;4*2H2,1H3,(H,6,7);/q;;;;;;;;+4/p-4. The number of ether oxygens (including phenoxy) is 4. The predicted octanol–water partition coefficient (Wildman–Crippen LogP) is -3.03. The molecule has 65 heavy (non-hydrogen) atoms. The van der Waals surface area contributed by atoms with Gasteiger partial charge in [-0.1, -0.05) is 0 Å². The summed E-state index contributed by atoms with van der Waals surface area (Å²) in [6, 6.07) is 0. The number of rotatable bonds is 20. The number of carboxylic acids is 4. The molecule has 368 valence electrons. The van der Waals surface area contributed by atoms with Crippen LogP contribution in [0.1, 0.15) is 134 Å².